The van der Waals surface area contributed by atoms with E-state index in [1.807, 2.05) is 0 Å². The van der Waals surface area contributed by atoms with Crippen molar-refractivity contribution in [2.75, 3.05) is 13.1 Å². The van der Waals surface area contributed by atoms with Crippen LogP contribution in [0.4, 0.5) is 8.78 Å². The summed E-state index contributed by atoms with van der Waals surface area (Å²) in [5.74, 6) is -0.242. The molecule has 1 heterocycles. The lowest BCUT2D eigenvalue weighted by atomic mass is 9.85. The highest BCUT2D eigenvalue weighted by Crippen LogP contribution is 2.28. The quantitative estimate of drug-likeness (QED) is 0.889. The number of halogens is 3. The van der Waals surface area contributed by atoms with Crippen LogP contribution in [0.2, 0.25) is 0 Å². The second-order valence-electron chi connectivity index (χ2n) is 4.96. The van der Waals surface area contributed by atoms with Crippen molar-refractivity contribution in [3.05, 3.63) is 32.7 Å². The molecule has 0 aromatic carbocycles. The number of aromatic nitrogens is 1. The van der Waals surface area contributed by atoms with Gasteiger partial charge in [-0.3, -0.25) is 9.59 Å². The molecule has 7 heteroatoms. The van der Waals surface area contributed by atoms with Gasteiger partial charge in [0.05, 0.1) is 12.1 Å². The van der Waals surface area contributed by atoms with Crippen molar-refractivity contribution < 1.29 is 13.6 Å². The Kier molecular flexibility index (Phi) is 4.91. The van der Waals surface area contributed by atoms with Gasteiger partial charge in [-0.05, 0) is 34.7 Å². The molecular weight excluding hydrogens is 334 g/mol. The maximum absolute atomic E-state index is 12.6. The Hall–Kier alpha value is -1.24. The average molecular weight is 349 g/mol. The van der Waals surface area contributed by atoms with Gasteiger partial charge in [-0.15, -0.1) is 0 Å². The summed E-state index contributed by atoms with van der Waals surface area (Å²) in [4.78, 5) is 27.2. The van der Waals surface area contributed by atoms with Gasteiger partial charge in [0, 0.05) is 23.3 Å². The van der Waals surface area contributed by atoms with Gasteiger partial charge >= 0.3 is 0 Å². The van der Waals surface area contributed by atoms with Gasteiger partial charge in [0.15, 0.2) is 0 Å². The number of rotatable bonds is 5. The van der Waals surface area contributed by atoms with Crippen molar-refractivity contribution in [3.63, 3.8) is 0 Å². The van der Waals surface area contributed by atoms with E-state index in [2.05, 4.69) is 20.9 Å². The molecule has 1 aromatic rings. The third-order valence-corrected chi connectivity index (χ3v) is 4.11. The number of amides is 1. The summed E-state index contributed by atoms with van der Waals surface area (Å²) in [6.45, 7) is -0.281. The predicted molar refractivity (Wildman–Crippen MR) is 74.0 cm³/mol. The molecule has 1 aliphatic carbocycles. The highest BCUT2D eigenvalue weighted by Gasteiger charge is 2.27. The molecule has 0 atom stereocenters. The lowest BCUT2D eigenvalue weighted by Gasteiger charge is -2.32. The van der Waals surface area contributed by atoms with Crippen LogP contribution < -0.4 is 5.56 Å². The SMILES string of the molecule is O=C(c1cc(=O)[nH]cc1Br)N(CC(F)F)CC1CCC1. The molecule has 20 heavy (non-hydrogen) atoms. The van der Waals surface area contributed by atoms with Gasteiger partial charge < -0.3 is 9.88 Å². The van der Waals surface area contributed by atoms with Crippen LogP contribution in [0.25, 0.3) is 0 Å². The molecule has 4 nitrogen and oxygen atoms in total. The summed E-state index contributed by atoms with van der Waals surface area (Å²) < 4.78 is 25.7. The summed E-state index contributed by atoms with van der Waals surface area (Å²) in [7, 11) is 0. The smallest absolute Gasteiger partial charge is 0.255 e. The number of carbonyl (C=O) groups excluding carboxylic acids is 1. The Balaban J connectivity index is 2.19. The van der Waals surface area contributed by atoms with Crippen molar-refractivity contribution in [2.45, 2.75) is 25.7 Å². The molecular formula is C13H15BrF2N2O2. The van der Waals surface area contributed by atoms with Crippen LogP contribution in [-0.2, 0) is 0 Å². The summed E-state index contributed by atoms with van der Waals surface area (Å²) in [5, 5.41) is 0. The van der Waals surface area contributed by atoms with E-state index in [1.165, 1.54) is 6.20 Å². The van der Waals surface area contributed by atoms with E-state index in [1.54, 1.807) is 0 Å². The van der Waals surface area contributed by atoms with E-state index in [9.17, 15) is 18.4 Å². The van der Waals surface area contributed by atoms with Crippen LogP contribution in [-0.4, -0.2) is 35.3 Å². The monoisotopic (exact) mass is 348 g/mol. The summed E-state index contributed by atoms with van der Waals surface area (Å²) in [5.41, 5.74) is -0.314. The van der Waals surface area contributed by atoms with Gasteiger partial charge in [0.1, 0.15) is 0 Å². The molecule has 0 radical (unpaired) electrons. The predicted octanol–water partition coefficient (Wildman–Crippen LogP) is 2.64. The van der Waals surface area contributed by atoms with Crippen LogP contribution in [0.3, 0.4) is 0 Å². The number of H-pyrrole nitrogens is 1. The van der Waals surface area contributed by atoms with E-state index in [0.29, 0.717) is 16.9 Å². The molecule has 0 spiro atoms. The number of pyridine rings is 1. The largest absolute Gasteiger partial charge is 0.333 e. The molecule has 1 amide bonds. The molecule has 0 aliphatic heterocycles. The number of alkyl halides is 2. The third kappa shape index (κ3) is 3.65. The fourth-order valence-electron chi connectivity index (χ4n) is 2.18. The first-order valence-corrected chi connectivity index (χ1v) is 7.22. The molecule has 1 fully saturated rings. The molecule has 1 N–H and O–H groups in total. The Labute approximate surface area is 123 Å². The molecule has 2 rings (SSSR count). The molecule has 1 saturated carbocycles. The summed E-state index contributed by atoms with van der Waals surface area (Å²) in [6.07, 6.45) is 1.77. The summed E-state index contributed by atoms with van der Waals surface area (Å²) in [6, 6.07) is 1.13. The van der Waals surface area contributed by atoms with Gasteiger partial charge in [-0.1, -0.05) is 6.42 Å². The maximum atomic E-state index is 12.6. The number of nitrogens with zero attached hydrogens (tertiary/aromatic N) is 1. The number of nitrogens with one attached hydrogen (secondary N) is 1. The minimum Gasteiger partial charge on any atom is -0.333 e. The van der Waals surface area contributed by atoms with Gasteiger partial charge in [0.25, 0.3) is 12.3 Å². The highest BCUT2D eigenvalue weighted by atomic mass is 79.9. The fraction of sp³-hybridized carbons (Fsp3) is 0.538. The zero-order valence-corrected chi connectivity index (χ0v) is 12.3. The minimum atomic E-state index is -2.58. The molecule has 0 bridgehead atoms. The lowest BCUT2D eigenvalue weighted by molar-refractivity contribution is 0.0469. The Bertz CT molecular complexity index is 543. The van der Waals surface area contributed by atoms with Crippen LogP contribution in [0.15, 0.2) is 21.5 Å². The number of hydrogen-bond acceptors (Lipinski definition) is 2. The number of hydrogen-bond donors (Lipinski definition) is 1. The minimum absolute atomic E-state index is 0.119. The van der Waals surface area contributed by atoms with E-state index in [-0.39, 0.29) is 5.56 Å². The van der Waals surface area contributed by atoms with Crippen LogP contribution >= 0.6 is 15.9 Å². The first-order valence-electron chi connectivity index (χ1n) is 6.43. The average Bonchev–Trinajstić information content (AvgIpc) is 2.34. The fourth-order valence-corrected chi connectivity index (χ4v) is 2.58. The molecule has 110 valence electrons. The summed E-state index contributed by atoms with van der Waals surface area (Å²) >= 11 is 3.16. The zero-order chi connectivity index (χ0) is 14.7. The molecule has 1 aromatic heterocycles. The zero-order valence-electron chi connectivity index (χ0n) is 10.7. The second-order valence-corrected chi connectivity index (χ2v) is 5.81. The Morgan fingerprint density at radius 2 is 2.20 bits per heavy atom. The van der Waals surface area contributed by atoms with Gasteiger partial charge in [-0.2, -0.15) is 0 Å². The van der Waals surface area contributed by atoms with Crippen molar-refractivity contribution in [1.82, 2.24) is 9.88 Å². The van der Waals surface area contributed by atoms with E-state index >= 15 is 0 Å². The number of aromatic amines is 1. The van der Waals surface area contributed by atoms with Crippen molar-refractivity contribution in [1.29, 1.82) is 0 Å². The maximum Gasteiger partial charge on any atom is 0.255 e. The van der Waals surface area contributed by atoms with Crippen molar-refractivity contribution in [3.8, 4) is 0 Å². The van der Waals surface area contributed by atoms with Crippen molar-refractivity contribution in [2.24, 2.45) is 5.92 Å². The second kappa shape index (κ2) is 6.47. The Morgan fingerprint density at radius 3 is 2.75 bits per heavy atom. The van der Waals surface area contributed by atoms with E-state index in [4.69, 9.17) is 0 Å². The lowest BCUT2D eigenvalue weighted by Crippen LogP contribution is -2.40. The first-order chi connectivity index (χ1) is 9.47. The third-order valence-electron chi connectivity index (χ3n) is 3.45. The Morgan fingerprint density at radius 1 is 1.50 bits per heavy atom. The van der Waals surface area contributed by atoms with Gasteiger partial charge in [0.2, 0.25) is 5.56 Å². The first kappa shape index (κ1) is 15.2. The van der Waals surface area contributed by atoms with Crippen LogP contribution in [0, 0.1) is 5.92 Å². The van der Waals surface area contributed by atoms with E-state index < -0.39 is 24.4 Å². The topological polar surface area (TPSA) is 53.2 Å². The van der Waals surface area contributed by atoms with Crippen LogP contribution in [0.5, 0.6) is 0 Å². The van der Waals surface area contributed by atoms with Gasteiger partial charge in [-0.25, -0.2) is 8.78 Å². The highest BCUT2D eigenvalue weighted by molar-refractivity contribution is 9.10. The van der Waals surface area contributed by atoms with Crippen LogP contribution in [0.1, 0.15) is 29.6 Å². The van der Waals surface area contributed by atoms with E-state index in [0.717, 1.165) is 30.2 Å². The van der Waals surface area contributed by atoms with Crippen molar-refractivity contribution >= 4 is 21.8 Å². The molecule has 0 unspecified atom stereocenters. The standard InChI is InChI=1S/C13H15BrF2N2O2/c14-10-5-17-12(19)4-9(10)13(20)18(7-11(15)16)6-8-2-1-3-8/h4-5,8,11H,1-3,6-7H2,(H,17,19). The normalized spacial score (nSPS) is 15.2. The number of carbonyl (C=O) groups is 1. The molecule has 0 saturated heterocycles. The molecule has 1 aliphatic rings.